The lowest BCUT2D eigenvalue weighted by molar-refractivity contribution is -0.206. The quantitative estimate of drug-likeness (QED) is 0.540. The number of hydrogen-bond donors (Lipinski definition) is 2. The first-order chi connectivity index (χ1) is 13.2. The van der Waals surface area contributed by atoms with Gasteiger partial charge in [-0.05, 0) is 54.8 Å². The Balaban J connectivity index is 2.16. The lowest BCUT2D eigenvalue weighted by Crippen LogP contribution is -2.35. The molecular formula is C20H21F4NO3. The van der Waals surface area contributed by atoms with E-state index in [1.54, 1.807) is 19.2 Å². The Morgan fingerprint density at radius 1 is 1.43 bits per heavy atom. The van der Waals surface area contributed by atoms with Crippen LogP contribution in [0.5, 0.6) is 0 Å². The van der Waals surface area contributed by atoms with Crippen molar-refractivity contribution in [1.82, 2.24) is 5.32 Å². The molecule has 0 aliphatic carbocycles. The molecule has 0 radical (unpaired) electrons. The second-order valence-electron chi connectivity index (χ2n) is 6.18. The average Bonchev–Trinajstić information content (AvgIpc) is 2.65. The van der Waals surface area contributed by atoms with Gasteiger partial charge >= 0.3 is 12.1 Å². The third-order valence-corrected chi connectivity index (χ3v) is 4.34. The van der Waals surface area contributed by atoms with E-state index in [2.05, 4.69) is 11.9 Å². The number of aryl methyl sites for hydroxylation is 1. The van der Waals surface area contributed by atoms with Crippen molar-refractivity contribution in [1.29, 1.82) is 0 Å². The number of esters is 1. The second-order valence-corrected chi connectivity index (χ2v) is 6.18. The maximum absolute atomic E-state index is 14.2. The van der Waals surface area contributed by atoms with E-state index in [4.69, 9.17) is 4.74 Å². The van der Waals surface area contributed by atoms with Gasteiger partial charge < -0.3 is 15.2 Å². The summed E-state index contributed by atoms with van der Waals surface area (Å²) in [6.07, 6.45) is -2.32. The summed E-state index contributed by atoms with van der Waals surface area (Å²) in [4.78, 5) is 12.3. The standard InChI is InChI=1S/C20H21F4NO3/c1-3-12-9-10-25-16(17(12)19(27)28-4-2)8-7-13-5-6-14(11-15(13)21)18(26)20(22,23)24/h3,5-6,9-11,16,18,25-26H,1,4,7-8H2,2H3. The number of carbonyl (C=O) groups is 1. The summed E-state index contributed by atoms with van der Waals surface area (Å²) in [7, 11) is 0. The van der Waals surface area contributed by atoms with Gasteiger partial charge in [-0.25, -0.2) is 9.18 Å². The van der Waals surface area contributed by atoms with Crippen molar-refractivity contribution in [2.45, 2.75) is 38.1 Å². The van der Waals surface area contributed by atoms with E-state index in [1.807, 2.05) is 0 Å². The van der Waals surface area contributed by atoms with E-state index in [-0.39, 0.29) is 18.6 Å². The first-order valence-corrected chi connectivity index (χ1v) is 8.68. The number of benzene rings is 1. The zero-order valence-corrected chi connectivity index (χ0v) is 15.2. The van der Waals surface area contributed by atoms with Crippen molar-refractivity contribution >= 4 is 5.97 Å². The van der Waals surface area contributed by atoms with Crippen molar-refractivity contribution in [3.8, 4) is 0 Å². The van der Waals surface area contributed by atoms with Crippen LogP contribution in [0.15, 0.2) is 54.3 Å². The van der Waals surface area contributed by atoms with Gasteiger partial charge in [-0.1, -0.05) is 24.8 Å². The minimum atomic E-state index is -4.87. The number of dihydropyridines is 1. The molecule has 1 aromatic carbocycles. The van der Waals surface area contributed by atoms with Crippen LogP contribution in [-0.4, -0.2) is 29.9 Å². The highest BCUT2D eigenvalue weighted by molar-refractivity contribution is 5.92. The Morgan fingerprint density at radius 2 is 2.14 bits per heavy atom. The molecule has 4 nitrogen and oxygen atoms in total. The third kappa shape index (κ3) is 5.01. The van der Waals surface area contributed by atoms with Crippen molar-refractivity contribution in [3.63, 3.8) is 0 Å². The third-order valence-electron chi connectivity index (χ3n) is 4.34. The predicted molar refractivity (Wildman–Crippen MR) is 95.7 cm³/mol. The molecule has 0 saturated carbocycles. The molecule has 1 aromatic rings. The molecule has 2 N–H and O–H groups in total. The maximum atomic E-state index is 14.2. The van der Waals surface area contributed by atoms with E-state index in [0.717, 1.165) is 6.07 Å². The van der Waals surface area contributed by atoms with Crippen LogP contribution in [0.3, 0.4) is 0 Å². The molecular weight excluding hydrogens is 378 g/mol. The van der Waals surface area contributed by atoms with Gasteiger partial charge in [0.2, 0.25) is 0 Å². The number of aliphatic hydroxyl groups excluding tert-OH is 1. The van der Waals surface area contributed by atoms with Gasteiger partial charge in [-0.15, -0.1) is 0 Å². The maximum Gasteiger partial charge on any atom is 0.418 e. The summed E-state index contributed by atoms with van der Waals surface area (Å²) < 4.78 is 57.0. The van der Waals surface area contributed by atoms with Crippen LogP contribution in [0.1, 0.15) is 30.6 Å². The Hall–Kier alpha value is -2.61. The number of aliphatic hydroxyl groups is 1. The number of rotatable bonds is 7. The van der Waals surface area contributed by atoms with Gasteiger partial charge in [-0.2, -0.15) is 13.2 Å². The molecule has 1 heterocycles. The fraction of sp³-hybridized carbons (Fsp3) is 0.350. The van der Waals surface area contributed by atoms with Crippen LogP contribution in [0, 0.1) is 5.82 Å². The SMILES string of the molecule is C=CC1=C(C(=O)OCC)C(CCc2ccc(C(O)C(F)(F)F)cc2F)NC=C1. The molecule has 0 amide bonds. The number of nitrogens with one attached hydrogen (secondary N) is 1. The minimum Gasteiger partial charge on any atom is -0.463 e. The molecule has 0 saturated heterocycles. The summed E-state index contributed by atoms with van der Waals surface area (Å²) in [6.45, 7) is 5.54. The molecule has 2 unspecified atom stereocenters. The highest BCUT2D eigenvalue weighted by Gasteiger charge is 2.39. The Labute approximate surface area is 160 Å². The largest absolute Gasteiger partial charge is 0.463 e. The van der Waals surface area contributed by atoms with Gasteiger partial charge in [0.25, 0.3) is 0 Å². The second kappa shape index (κ2) is 9.05. The summed E-state index contributed by atoms with van der Waals surface area (Å²) in [5.41, 5.74) is 0.571. The molecule has 1 aliphatic rings. The first kappa shape index (κ1) is 21.7. The number of alkyl halides is 3. The smallest absolute Gasteiger partial charge is 0.418 e. The summed E-state index contributed by atoms with van der Waals surface area (Å²) in [6, 6.07) is 2.47. The molecule has 1 aliphatic heterocycles. The number of hydrogen-bond acceptors (Lipinski definition) is 4. The van der Waals surface area contributed by atoms with Crippen molar-refractivity contribution < 1.29 is 32.2 Å². The molecule has 2 rings (SSSR count). The van der Waals surface area contributed by atoms with E-state index in [0.29, 0.717) is 23.6 Å². The Kier molecular flexibility index (Phi) is 7.01. The number of halogens is 4. The van der Waals surface area contributed by atoms with E-state index in [1.165, 1.54) is 12.1 Å². The van der Waals surface area contributed by atoms with E-state index < -0.39 is 35.7 Å². The van der Waals surface area contributed by atoms with E-state index in [9.17, 15) is 27.5 Å². The highest BCUT2D eigenvalue weighted by atomic mass is 19.4. The summed E-state index contributed by atoms with van der Waals surface area (Å²) in [5, 5.41) is 12.2. The average molecular weight is 399 g/mol. The van der Waals surface area contributed by atoms with Crippen molar-refractivity contribution in [2.24, 2.45) is 0 Å². The van der Waals surface area contributed by atoms with Gasteiger partial charge in [0.1, 0.15) is 5.82 Å². The topological polar surface area (TPSA) is 58.6 Å². The minimum absolute atomic E-state index is 0.160. The van der Waals surface area contributed by atoms with Crippen molar-refractivity contribution in [3.05, 3.63) is 71.2 Å². The van der Waals surface area contributed by atoms with Crippen LogP contribution >= 0.6 is 0 Å². The monoisotopic (exact) mass is 399 g/mol. The first-order valence-electron chi connectivity index (χ1n) is 8.68. The predicted octanol–water partition coefficient (Wildman–Crippen LogP) is 3.89. The molecule has 0 bridgehead atoms. The van der Waals surface area contributed by atoms with Gasteiger partial charge in [-0.3, -0.25) is 0 Å². The van der Waals surface area contributed by atoms with Gasteiger partial charge in [0.05, 0.1) is 18.2 Å². The zero-order valence-electron chi connectivity index (χ0n) is 15.2. The fourth-order valence-corrected chi connectivity index (χ4v) is 2.93. The molecule has 28 heavy (non-hydrogen) atoms. The number of carbonyl (C=O) groups excluding carboxylic acids is 1. The molecule has 8 heteroatoms. The van der Waals surface area contributed by atoms with Crippen LogP contribution in [-0.2, 0) is 16.0 Å². The molecule has 0 spiro atoms. The van der Waals surface area contributed by atoms with Crippen LogP contribution in [0.4, 0.5) is 17.6 Å². The van der Waals surface area contributed by atoms with E-state index >= 15 is 0 Å². The Morgan fingerprint density at radius 3 is 2.71 bits per heavy atom. The van der Waals surface area contributed by atoms with Gasteiger partial charge in [0, 0.05) is 0 Å². The van der Waals surface area contributed by atoms with Crippen LogP contribution in [0.25, 0.3) is 0 Å². The highest BCUT2D eigenvalue weighted by Crippen LogP contribution is 2.33. The summed E-state index contributed by atoms with van der Waals surface area (Å²) >= 11 is 0. The van der Waals surface area contributed by atoms with Crippen LogP contribution < -0.4 is 5.32 Å². The lowest BCUT2D eigenvalue weighted by atomic mass is 9.92. The molecule has 0 fully saturated rings. The fourth-order valence-electron chi connectivity index (χ4n) is 2.93. The molecule has 152 valence electrons. The molecule has 2 atom stereocenters. The Bertz CT molecular complexity index is 799. The van der Waals surface area contributed by atoms with Crippen LogP contribution in [0.2, 0.25) is 0 Å². The zero-order chi connectivity index (χ0) is 20.9. The lowest BCUT2D eigenvalue weighted by Gasteiger charge is -2.25. The summed E-state index contributed by atoms with van der Waals surface area (Å²) in [5.74, 6) is -1.36. The number of ether oxygens (including phenoxy) is 1. The van der Waals surface area contributed by atoms with Crippen molar-refractivity contribution in [2.75, 3.05) is 6.61 Å². The normalized spacial score (nSPS) is 17.9. The molecule has 0 aromatic heterocycles. The van der Waals surface area contributed by atoms with Gasteiger partial charge in [0.15, 0.2) is 6.10 Å². The number of allylic oxidation sites excluding steroid dienone is 3.